The van der Waals surface area contributed by atoms with Gasteiger partial charge in [-0.3, -0.25) is 4.79 Å². The number of hydrogen-bond donors (Lipinski definition) is 0. The summed E-state index contributed by atoms with van der Waals surface area (Å²) in [6.45, 7) is 1.66. The second-order valence-electron chi connectivity index (χ2n) is 7.93. The number of aromatic nitrogens is 1. The smallest absolute Gasteiger partial charge is 0.339 e. The van der Waals surface area contributed by atoms with E-state index in [0.29, 0.717) is 22.6 Å². The molecule has 1 aliphatic heterocycles. The van der Waals surface area contributed by atoms with Gasteiger partial charge in [0.15, 0.2) is 5.76 Å². The summed E-state index contributed by atoms with van der Waals surface area (Å²) in [6.07, 6.45) is 3.64. The number of nitrogens with zero attached hydrogens (tertiary/aromatic N) is 1. The molecule has 5 rings (SSSR count). The predicted octanol–water partition coefficient (Wildman–Crippen LogP) is 4.88. The van der Waals surface area contributed by atoms with Gasteiger partial charge in [-0.25, -0.2) is 0 Å². The van der Waals surface area contributed by atoms with E-state index in [-0.39, 0.29) is 22.2 Å². The van der Waals surface area contributed by atoms with Gasteiger partial charge in [-0.2, -0.15) is 8.42 Å². The molecule has 0 atom stereocenters. The first-order chi connectivity index (χ1) is 16.3. The Hall–Kier alpha value is -4.04. The number of rotatable bonds is 5. The van der Waals surface area contributed by atoms with Crippen molar-refractivity contribution < 1.29 is 26.9 Å². The molecule has 4 aromatic rings. The van der Waals surface area contributed by atoms with Crippen molar-refractivity contribution in [3.8, 4) is 17.2 Å². The number of aryl methyl sites for hydroxylation is 1. The molecule has 0 spiro atoms. The number of benzene rings is 3. The van der Waals surface area contributed by atoms with Gasteiger partial charge in [-0.05, 0) is 55.5 Å². The van der Waals surface area contributed by atoms with Crippen LogP contribution < -0.4 is 13.7 Å². The molecule has 7 nitrogen and oxygen atoms in total. The molecule has 34 heavy (non-hydrogen) atoms. The Morgan fingerprint density at radius 1 is 1.00 bits per heavy atom. The van der Waals surface area contributed by atoms with Crippen molar-refractivity contribution in [1.82, 2.24) is 4.57 Å². The number of allylic oxidation sites excluding steroid dienone is 1. The average Bonchev–Trinajstić information content (AvgIpc) is 3.33. The fourth-order valence-corrected chi connectivity index (χ4v) is 4.98. The minimum Gasteiger partial charge on any atom is -0.497 e. The molecule has 0 N–H and O–H groups in total. The highest BCUT2D eigenvalue weighted by atomic mass is 32.2. The van der Waals surface area contributed by atoms with Crippen molar-refractivity contribution in [2.24, 2.45) is 7.05 Å². The van der Waals surface area contributed by atoms with E-state index >= 15 is 0 Å². The van der Waals surface area contributed by atoms with E-state index in [1.54, 1.807) is 13.0 Å². The van der Waals surface area contributed by atoms with E-state index < -0.39 is 10.1 Å². The molecule has 0 aliphatic carbocycles. The van der Waals surface area contributed by atoms with Crippen molar-refractivity contribution in [3.05, 3.63) is 89.3 Å². The molecule has 0 amide bonds. The SMILES string of the molecule is COc1ccc(S(=O)(=O)Oc2ccc3c(c2C)O/C(=C/c2cn(C)c4ccccc24)C3=O)cc1. The number of methoxy groups -OCH3 is 1. The molecule has 3 aromatic carbocycles. The van der Waals surface area contributed by atoms with Crippen LogP contribution in [0, 0.1) is 6.92 Å². The summed E-state index contributed by atoms with van der Waals surface area (Å²) in [5.41, 5.74) is 2.67. The van der Waals surface area contributed by atoms with E-state index in [1.165, 1.54) is 43.5 Å². The highest BCUT2D eigenvalue weighted by Gasteiger charge is 2.31. The van der Waals surface area contributed by atoms with Crippen LogP contribution in [0.1, 0.15) is 21.5 Å². The third-order valence-corrected chi connectivity index (χ3v) is 7.05. The van der Waals surface area contributed by atoms with Crippen molar-refractivity contribution in [1.29, 1.82) is 0 Å². The summed E-state index contributed by atoms with van der Waals surface area (Å²) in [5.74, 6) is 0.818. The van der Waals surface area contributed by atoms with Crippen LogP contribution in [0.15, 0.2) is 77.5 Å². The monoisotopic (exact) mass is 475 g/mol. The summed E-state index contributed by atoms with van der Waals surface area (Å²) < 4.78 is 43.9. The highest BCUT2D eigenvalue weighted by Crippen LogP contribution is 2.40. The molecule has 0 unspecified atom stereocenters. The Morgan fingerprint density at radius 3 is 2.47 bits per heavy atom. The normalized spacial score (nSPS) is 14.3. The predicted molar refractivity (Wildman–Crippen MR) is 128 cm³/mol. The molecule has 1 aromatic heterocycles. The average molecular weight is 476 g/mol. The molecule has 8 heteroatoms. The summed E-state index contributed by atoms with van der Waals surface area (Å²) in [6, 6.07) is 16.8. The van der Waals surface area contributed by atoms with Gasteiger partial charge < -0.3 is 18.2 Å². The highest BCUT2D eigenvalue weighted by molar-refractivity contribution is 7.87. The van der Waals surface area contributed by atoms with Gasteiger partial charge in [-0.1, -0.05) is 18.2 Å². The van der Waals surface area contributed by atoms with Crippen molar-refractivity contribution in [2.75, 3.05) is 7.11 Å². The minimum atomic E-state index is -4.09. The van der Waals surface area contributed by atoms with Gasteiger partial charge in [0.05, 0.1) is 12.7 Å². The van der Waals surface area contributed by atoms with E-state index in [2.05, 4.69) is 0 Å². The lowest BCUT2D eigenvalue weighted by Gasteiger charge is -2.11. The summed E-state index contributed by atoms with van der Waals surface area (Å²) in [7, 11) is -0.653. The molecule has 0 radical (unpaired) electrons. The Kier molecular flexibility index (Phi) is 5.17. The zero-order chi connectivity index (χ0) is 24.0. The fraction of sp³-hybridized carbons (Fsp3) is 0.115. The van der Waals surface area contributed by atoms with Crippen LogP contribution >= 0.6 is 0 Å². The van der Waals surface area contributed by atoms with Gasteiger partial charge in [-0.15, -0.1) is 0 Å². The van der Waals surface area contributed by atoms with Crippen LogP contribution in [-0.2, 0) is 17.2 Å². The lowest BCUT2D eigenvalue weighted by atomic mass is 10.1. The first-order valence-electron chi connectivity index (χ1n) is 10.5. The van der Waals surface area contributed by atoms with Crippen LogP contribution in [0.4, 0.5) is 0 Å². The molecule has 1 aliphatic rings. The zero-order valence-electron chi connectivity index (χ0n) is 18.7. The molecule has 0 saturated heterocycles. The van der Waals surface area contributed by atoms with Crippen LogP contribution in [0.3, 0.4) is 0 Å². The van der Waals surface area contributed by atoms with Gasteiger partial charge in [0.2, 0.25) is 5.78 Å². The Balaban J connectivity index is 1.47. The van der Waals surface area contributed by atoms with Crippen LogP contribution in [0.2, 0.25) is 0 Å². The van der Waals surface area contributed by atoms with E-state index in [9.17, 15) is 13.2 Å². The lowest BCUT2D eigenvalue weighted by molar-refractivity contribution is 0.101. The summed E-state index contributed by atoms with van der Waals surface area (Å²) in [4.78, 5) is 13.0. The third kappa shape index (κ3) is 3.62. The molecule has 0 bridgehead atoms. The van der Waals surface area contributed by atoms with Gasteiger partial charge in [0.1, 0.15) is 22.1 Å². The van der Waals surface area contributed by atoms with E-state index in [1.807, 2.05) is 42.1 Å². The first-order valence-corrected chi connectivity index (χ1v) is 11.9. The maximum Gasteiger partial charge on any atom is 0.339 e. The van der Waals surface area contributed by atoms with Crippen LogP contribution in [0.5, 0.6) is 17.2 Å². The molecule has 2 heterocycles. The molecular formula is C26H21NO6S. The number of hydrogen-bond acceptors (Lipinski definition) is 6. The summed E-state index contributed by atoms with van der Waals surface area (Å²) >= 11 is 0. The maximum absolute atomic E-state index is 13.0. The number of ether oxygens (including phenoxy) is 2. The molecule has 172 valence electrons. The summed E-state index contributed by atoms with van der Waals surface area (Å²) in [5, 5.41) is 0.996. The number of ketones is 1. The largest absolute Gasteiger partial charge is 0.497 e. The minimum absolute atomic E-state index is 0.0123. The van der Waals surface area contributed by atoms with Crippen molar-refractivity contribution >= 4 is 32.9 Å². The zero-order valence-corrected chi connectivity index (χ0v) is 19.5. The molecule has 0 saturated carbocycles. The quantitative estimate of drug-likeness (QED) is 0.302. The number of carbonyl (C=O) groups is 1. The Labute approximate surface area is 196 Å². The van der Waals surface area contributed by atoms with Crippen molar-refractivity contribution in [3.63, 3.8) is 0 Å². The van der Waals surface area contributed by atoms with E-state index in [0.717, 1.165) is 16.5 Å². The Morgan fingerprint density at radius 2 is 1.74 bits per heavy atom. The topological polar surface area (TPSA) is 83.8 Å². The van der Waals surface area contributed by atoms with Crippen LogP contribution in [0.25, 0.3) is 17.0 Å². The fourth-order valence-electron chi connectivity index (χ4n) is 4.00. The number of fused-ring (bicyclic) bond motifs is 2. The van der Waals surface area contributed by atoms with Crippen LogP contribution in [-0.4, -0.2) is 25.9 Å². The second-order valence-corrected chi connectivity index (χ2v) is 9.48. The number of carbonyl (C=O) groups excluding carboxylic acids is 1. The maximum atomic E-state index is 13.0. The molecule has 0 fully saturated rings. The second kappa shape index (κ2) is 8.07. The standard InChI is InChI=1S/C26H21NO6S/c1-16-23(33-34(29,30)19-10-8-18(31-3)9-11-19)13-12-21-25(28)24(32-26(16)21)14-17-15-27(2)22-7-5-4-6-20(17)22/h4-15H,1-3H3/b24-14+. The number of para-hydroxylation sites is 1. The molecular weight excluding hydrogens is 454 g/mol. The number of Topliss-reactive ketones (excluding diaryl/α,β-unsaturated/α-hetero) is 1. The third-order valence-electron chi connectivity index (χ3n) is 5.80. The lowest BCUT2D eigenvalue weighted by Crippen LogP contribution is -2.10. The first kappa shape index (κ1) is 21.8. The van der Waals surface area contributed by atoms with Gasteiger partial charge in [0.25, 0.3) is 0 Å². The van der Waals surface area contributed by atoms with E-state index in [4.69, 9.17) is 13.7 Å². The van der Waals surface area contributed by atoms with Gasteiger partial charge in [0, 0.05) is 35.3 Å². The Bertz CT molecular complexity index is 1580. The van der Waals surface area contributed by atoms with Gasteiger partial charge >= 0.3 is 10.1 Å². The van der Waals surface area contributed by atoms with Crippen molar-refractivity contribution in [2.45, 2.75) is 11.8 Å².